The van der Waals surface area contributed by atoms with E-state index in [0.29, 0.717) is 12.2 Å². The first kappa shape index (κ1) is 16.8. The summed E-state index contributed by atoms with van der Waals surface area (Å²) in [6, 6.07) is 15.5. The molecule has 4 rings (SSSR count). The molecule has 1 N–H and O–H groups in total. The van der Waals surface area contributed by atoms with E-state index >= 15 is 0 Å². The maximum atomic E-state index is 12.4. The van der Waals surface area contributed by atoms with Crippen molar-refractivity contribution in [1.82, 2.24) is 19.7 Å². The highest BCUT2D eigenvalue weighted by atomic mass is 16.5. The first-order chi connectivity index (χ1) is 13.2. The Balaban J connectivity index is 1.56. The molecule has 0 radical (unpaired) electrons. The quantitative estimate of drug-likeness (QED) is 0.594. The number of nitrogens with zero attached hydrogens (tertiary/aromatic N) is 3. The number of ether oxygens (including phenoxy) is 1. The van der Waals surface area contributed by atoms with E-state index in [1.165, 1.54) is 0 Å². The summed E-state index contributed by atoms with van der Waals surface area (Å²) in [5.74, 6) is 0.591. The van der Waals surface area contributed by atoms with Gasteiger partial charge in [-0.25, -0.2) is 4.98 Å². The van der Waals surface area contributed by atoms with Crippen LogP contribution in [0.25, 0.3) is 16.8 Å². The minimum Gasteiger partial charge on any atom is -0.497 e. The summed E-state index contributed by atoms with van der Waals surface area (Å²) in [5.41, 5.74) is 4.14. The molecule has 6 nitrogen and oxygen atoms in total. The van der Waals surface area contributed by atoms with Crippen LogP contribution < -0.4 is 10.1 Å². The molecule has 134 valence electrons. The number of rotatable bonds is 5. The number of pyridine rings is 2. The number of methoxy groups -OCH3 is 1. The monoisotopic (exact) mass is 358 g/mol. The summed E-state index contributed by atoms with van der Waals surface area (Å²) >= 11 is 0. The highest BCUT2D eigenvalue weighted by Crippen LogP contribution is 2.24. The lowest BCUT2D eigenvalue weighted by Gasteiger charge is -2.05. The van der Waals surface area contributed by atoms with E-state index in [9.17, 15) is 4.79 Å². The van der Waals surface area contributed by atoms with Gasteiger partial charge in [0.2, 0.25) is 0 Å². The Morgan fingerprint density at radius 1 is 1.07 bits per heavy atom. The summed E-state index contributed by atoms with van der Waals surface area (Å²) in [6.07, 6.45) is 7.09. The standard InChI is InChI=1S/C21H18N4O2/c1-27-18-4-2-3-16(11-18)17-5-6-20-24-19(14-25(20)13-17)21(26)23-12-15-7-9-22-10-8-15/h2-11,13-14H,12H2,1H3,(H,23,26). The van der Waals surface area contributed by atoms with E-state index in [0.717, 1.165) is 28.1 Å². The number of fused-ring (bicyclic) bond motifs is 1. The average Bonchev–Trinajstić information content (AvgIpc) is 3.16. The summed E-state index contributed by atoms with van der Waals surface area (Å²) < 4.78 is 7.14. The van der Waals surface area contributed by atoms with E-state index in [2.05, 4.69) is 15.3 Å². The van der Waals surface area contributed by atoms with Crippen LogP contribution in [0.1, 0.15) is 16.1 Å². The van der Waals surface area contributed by atoms with Crippen LogP contribution in [0.3, 0.4) is 0 Å². The lowest BCUT2D eigenvalue weighted by molar-refractivity contribution is 0.0946. The fraction of sp³-hybridized carbons (Fsp3) is 0.0952. The van der Waals surface area contributed by atoms with Gasteiger partial charge in [0.25, 0.3) is 5.91 Å². The maximum Gasteiger partial charge on any atom is 0.271 e. The zero-order chi connectivity index (χ0) is 18.6. The van der Waals surface area contributed by atoms with E-state index in [4.69, 9.17) is 4.74 Å². The molecule has 0 aliphatic rings. The van der Waals surface area contributed by atoms with Crippen LogP contribution >= 0.6 is 0 Å². The molecule has 0 unspecified atom stereocenters. The van der Waals surface area contributed by atoms with Crippen molar-refractivity contribution in [2.45, 2.75) is 6.54 Å². The second-order valence-electron chi connectivity index (χ2n) is 6.08. The molecular weight excluding hydrogens is 340 g/mol. The third-order valence-electron chi connectivity index (χ3n) is 4.29. The molecule has 0 fully saturated rings. The second-order valence-corrected chi connectivity index (χ2v) is 6.08. The van der Waals surface area contributed by atoms with Gasteiger partial charge < -0.3 is 14.5 Å². The third kappa shape index (κ3) is 3.64. The highest BCUT2D eigenvalue weighted by Gasteiger charge is 2.11. The first-order valence-corrected chi connectivity index (χ1v) is 8.53. The maximum absolute atomic E-state index is 12.4. The third-order valence-corrected chi connectivity index (χ3v) is 4.29. The summed E-state index contributed by atoms with van der Waals surface area (Å²) in [5, 5.41) is 2.88. The number of hydrogen-bond donors (Lipinski definition) is 1. The van der Waals surface area contributed by atoms with E-state index in [1.807, 2.05) is 59.1 Å². The van der Waals surface area contributed by atoms with E-state index < -0.39 is 0 Å². The molecule has 0 bridgehead atoms. The Hall–Kier alpha value is -3.67. The van der Waals surface area contributed by atoms with Crippen LogP contribution in [0.4, 0.5) is 0 Å². The number of carbonyl (C=O) groups is 1. The Morgan fingerprint density at radius 2 is 1.93 bits per heavy atom. The molecule has 0 spiro atoms. The van der Waals surface area contributed by atoms with Gasteiger partial charge in [0.05, 0.1) is 7.11 Å². The van der Waals surface area contributed by atoms with Crippen molar-refractivity contribution < 1.29 is 9.53 Å². The van der Waals surface area contributed by atoms with Gasteiger partial charge in [-0.05, 0) is 53.1 Å². The van der Waals surface area contributed by atoms with Crippen molar-refractivity contribution in [3.05, 3.63) is 84.6 Å². The Bertz CT molecular complexity index is 1090. The minimum atomic E-state index is -0.210. The van der Waals surface area contributed by atoms with Gasteiger partial charge in [-0.3, -0.25) is 9.78 Å². The number of benzene rings is 1. The Morgan fingerprint density at radius 3 is 2.74 bits per heavy atom. The summed E-state index contributed by atoms with van der Waals surface area (Å²) in [4.78, 5) is 20.8. The van der Waals surface area contributed by atoms with Gasteiger partial charge in [0.1, 0.15) is 17.1 Å². The largest absolute Gasteiger partial charge is 0.497 e. The molecule has 6 heteroatoms. The molecule has 1 amide bonds. The molecule has 0 saturated carbocycles. The van der Waals surface area contributed by atoms with Crippen LogP contribution in [0.5, 0.6) is 5.75 Å². The van der Waals surface area contributed by atoms with Crippen molar-refractivity contribution in [3.8, 4) is 16.9 Å². The van der Waals surface area contributed by atoms with Gasteiger partial charge in [-0.2, -0.15) is 0 Å². The molecule has 4 aromatic rings. The minimum absolute atomic E-state index is 0.210. The lowest BCUT2D eigenvalue weighted by Crippen LogP contribution is -2.23. The SMILES string of the molecule is COc1cccc(-c2ccc3nc(C(=O)NCc4ccncc4)cn3c2)c1. The van der Waals surface area contributed by atoms with Crippen molar-refractivity contribution in [2.75, 3.05) is 7.11 Å². The summed E-state index contributed by atoms with van der Waals surface area (Å²) in [6.45, 7) is 0.435. The van der Waals surface area contributed by atoms with Crippen molar-refractivity contribution >= 4 is 11.6 Å². The normalized spacial score (nSPS) is 10.7. The molecule has 0 atom stereocenters. The fourth-order valence-corrected chi connectivity index (χ4v) is 2.85. The Labute approximate surface area is 156 Å². The van der Waals surface area contributed by atoms with Gasteiger partial charge in [-0.15, -0.1) is 0 Å². The first-order valence-electron chi connectivity index (χ1n) is 8.53. The van der Waals surface area contributed by atoms with Gasteiger partial charge in [0, 0.05) is 31.3 Å². The van der Waals surface area contributed by atoms with Crippen molar-refractivity contribution in [1.29, 1.82) is 0 Å². The Kier molecular flexibility index (Phi) is 4.53. The molecule has 0 aliphatic heterocycles. The van der Waals surface area contributed by atoms with Gasteiger partial charge in [0.15, 0.2) is 0 Å². The number of amides is 1. The van der Waals surface area contributed by atoms with Crippen LogP contribution in [-0.4, -0.2) is 27.4 Å². The smallest absolute Gasteiger partial charge is 0.271 e. The predicted molar refractivity (Wildman–Crippen MR) is 103 cm³/mol. The van der Waals surface area contributed by atoms with Crippen LogP contribution in [0.2, 0.25) is 0 Å². The number of aromatic nitrogens is 3. The zero-order valence-corrected chi connectivity index (χ0v) is 14.8. The molecular formula is C21H18N4O2. The van der Waals surface area contributed by atoms with Crippen molar-refractivity contribution in [2.24, 2.45) is 0 Å². The molecule has 0 saturated heterocycles. The van der Waals surface area contributed by atoms with Gasteiger partial charge in [-0.1, -0.05) is 12.1 Å². The van der Waals surface area contributed by atoms with Crippen molar-refractivity contribution in [3.63, 3.8) is 0 Å². The average molecular weight is 358 g/mol. The van der Waals surface area contributed by atoms with E-state index in [1.54, 1.807) is 25.7 Å². The highest BCUT2D eigenvalue weighted by molar-refractivity contribution is 5.92. The fourth-order valence-electron chi connectivity index (χ4n) is 2.85. The van der Waals surface area contributed by atoms with Gasteiger partial charge >= 0.3 is 0 Å². The molecule has 3 heterocycles. The number of hydrogen-bond acceptors (Lipinski definition) is 4. The number of imidazole rings is 1. The predicted octanol–water partition coefficient (Wildman–Crippen LogP) is 3.33. The van der Waals surface area contributed by atoms with Crippen LogP contribution in [0.15, 0.2) is 73.3 Å². The van der Waals surface area contributed by atoms with Crippen LogP contribution in [0, 0.1) is 0 Å². The molecule has 3 aromatic heterocycles. The molecule has 27 heavy (non-hydrogen) atoms. The second kappa shape index (κ2) is 7.29. The van der Waals surface area contributed by atoms with Crippen LogP contribution in [-0.2, 0) is 6.54 Å². The number of carbonyl (C=O) groups excluding carboxylic acids is 1. The zero-order valence-electron chi connectivity index (χ0n) is 14.8. The molecule has 1 aromatic carbocycles. The summed E-state index contributed by atoms with van der Waals surface area (Å²) in [7, 11) is 1.65. The topological polar surface area (TPSA) is 68.5 Å². The van der Waals surface area contributed by atoms with E-state index in [-0.39, 0.29) is 5.91 Å². The number of nitrogens with one attached hydrogen (secondary N) is 1. The lowest BCUT2D eigenvalue weighted by atomic mass is 10.1. The molecule has 0 aliphatic carbocycles.